The topological polar surface area (TPSA) is 66.8 Å². The largest absolute Gasteiger partial charge is 0.481 e. The van der Waals surface area contributed by atoms with Crippen molar-refractivity contribution in [3.05, 3.63) is 0 Å². The maximum absolute atomic E-state index is 11.9. The van der Waals surface area contributed by atoms with Crippen LogP contribution >= 0.6 is 0 Å². The van der Waals surface area contributed by atoms with Crippen molar-refractivity contribution in [2.24, 2.45) is 17.3 Å². The van der Waals surface area contributed by atoms with Crippen molar-refractivity contribution >= 4 is 11.9 Å². The Balaban J connectivity index is 2.06. The lowest BCUT2D eigenvalue weighted by molar-refractivity contribution is -0.241. The fraction of sp³-hybridized carbons (Fsp3) is 0.846. The molecule has 3 rings (SSSR count). The Kier molecular flexibility index (Phi) is 3.36. The summed E-state index contributed by atoms with van der Waals surface area (Å²) >= 11 is 0. The molecule has 3 fully saturated rings. The Hall–Kier alpha value is -1.10. The summed E-state index contributed by atoms with van der Waals surface area (Å²) in [5.74, 6) is -1.13. The van der Waals surface area contributed by atoms with Crippen LogP contribution in [0.15, 0.2) is 0 Å². The standard InChI is InChI=1S/C13H21NO4/c1-13(2,3)12(17)18-14-7-8-4-5-10(14)9(6-8)11(15)16/h8-10H,4-7H2,1-3H3,(H,15,16)/t8-,9-,10-/m0/s1. The highest BCUT2D eigenvalue weighted by Gasteiger charge is 2.46. The van der Waals surface area contributed by atoms with Crippen LogP contribution in [-0.4, -0.2) is 34.7 Å². The molecule has 0 aromatic rings. The van der Waals surface area contributed by atoms with Gasteiger partial charge in [0.1, 0.15) is 0 Å². The quantitative estimate of drug-likeness (QED) is 0.813. The van der Waals surface area contributed by atoms with Gasteiger partial charge in [0, 0.05) is 6.54 Å². The summed E-state index contributed by atoms with van der Waals surface area (Å²) in [6, 6.07) is -0.154. The monoisotopic (exact) mass is 255 g/mol. The second-order valence-corrected chi connectivity index (χ2v) is 6.42. The maximum Gasteiger partial charge on any atom is 0.330 e. The number of piperidine rings is 2. The zero-order valence-electron chi connectivity index (χ0n) is 11.2. The molecule has 0 aromatic heterocycles. The van der Waals surface area contributed by atoms with Crippen LogP contribution in [0.1, 0.15) is 40.0 Å². The van der Waals surface area contributed by atoms with Crippen LogP contribution in [0.4, 0.5) is 0 Å². The van der Waals surface area contributed by atoms with Crippen LogP contribution in [0.3, 0.4) is 0 Å². The first-order valence-corrected chi connectivity index (χ1v) is 6.51. The minimum absolute atomic E-state index is 0.154. The maximum atomic E-state index is 11.9. The SMILES string of the molecule is CC(C)(C)C(=O)ON1C[C@H]2CC[C@H]1[C@@H](C(=O)O)C2. The third kappa shape index (κ3) is 2.51. The molecule has 3 atom stereocenters. The zero-order valence-corrected chi connectivity index (χ0v) is 11.2. The van der Waals surface area contributed by atoms with Crippen molar-refractivity contribution in [3.63, 3.8) is 0 Å². The van der Waals surface area contributed by atoms with Gasteiger partial charge in [-0.1, -0.05) is 0 Å². The molecule has 5 nitrogen and oxygen atoms in total. The van der Waals surface area contributed by atoms with E-state index in [2.05, 4.69) is 0 Å². The molecule has 1 aliphatic carbocycles. The summed E-state index contributed by atoms with van der Waals surface area (Å²) in [7, 11) is 0. The summed E-state index contributed by atoms with van der Waals surface area (Å²) in [6.45, 7) is 6.07. The van der Waals surface area contributed by atoms with E-state index in [1.165, 1.54) is 0 Å². The van der Waals surface area contributed by atoms with Gasteiger partial charge in [0.2, 0.25) is 0 Å². The van der Waals surface area contributed by atoms with Crippen LogP contribution in [-0.2, 0) is 14.4 Å². The molecule has 5 heteroatoms. The number of hydrogen-bond acceptors (Lipinski definition) is 4. The minimum atomic E-state index is -0.777. The number of carboxylic acid groups (broad SMARTS) is 1. The number of fused-ring (bicyclic) bond motifs is 3. The second-order valence-electron chi connectivity index (χ2n) is 6.42. The molecule has 1 N–H and O–H groups in total. The van der Waals surface area contributed by atoms with E-state index in [1.807, 2.05) is 0 Å². The molecule has 2 heterocycles. The molecule has 0 amide bonds. The number of carbonyl (C=O) groups is 2. The van der Waals surface area contributed by atoms with Gasteiger partial charge in [0.25, 0.3) is 0 Å². The first kappa shape index (κ1) is 13.3. The number of rotatable bonds is 2. The Morgan fingerprint density at radius 1 is 1.28 bits per heavy atom. The molecular formula is C13H21NO4. The van der Waals surface area contributed by atoms with Gasteiger partial charge < -0.3 is 9.94 Å². The molecule has 0 aromatic carbocycles. The van der Waals surface area contributed by atoms with Crippen LogP contribution in [0.25, 0.3) is 0 Å². The van der Waals surface area contributed by atoms with Crippen molar-refractivity contribution in [2.75, 3.05) is 6.54 Å². The molecule has 2 saturated heterocycles. The van der Waals surface area contributed by atoms with E-state index in [4.69, 9.17) is 4.84 Å². The number of nitrogens with zero attached hydrogens (tertiary/aromatic N) is 1. The molecule has 3 aliphatic rings. The third-order valence-corrected chi connectivity index (χ3v) is 3.86. The predicted molar refractivity (Wildman–Crippen MR) is 64.5 cm³/mol. The second kappa shape index (κ2) is 4.53. The van der Waals surface area contributed by atoms with Crippen LogP contribution in [0.2, 0.25) is 0 Å². The summed E-state index contributed by atoms with van der Waals surface area (Å²) in [5, 5.41) is 10.8. The van der Waals surface area contributed by atoms with E-state index in [1.54, 1.807) is 25.8 Å². The summed E-state index contributed by atoms with van der Waals surface area (Å²) in [6.07, 6.45) is 2.56. The van der Waals surface area contributed by atoms with Gasteiger partial charge >= 0.3 is 11.9 Å². The van der Waals surface area contributed by atoms with E-state index in [9.17, 15) is 14.7 Å². The lowest BCUT2D eigenvalue weighted by Gasteiger charge is -2.47. The van der Waals surface area contributed by atoms with E-state index in [-0.39, 0.29) is 12.0 Å². The van der Waals surface area contributed by atoms with Crippen LogP contribution in [0, 0.1) is 17.3 Å². The van der Waals surface area contributed by atoms with Crippen molar-refractivity contribution < 1.29 is 19.5 Å². The average Bonchev–Trinajstić information content (AvgIpc) is 2.28. The number of hydroxylamine groups is 2. The summed E-state index contributed by atoms with van der Waals surface area (Å²) in [5.41, 5.74) is -0.560. The summed E-state index contributed by atoms with van der Waals surface area (Å²) < 4.78 is 0. The molecule has 0 unspecified atom stereocenters. The van der Waals surface area contributed by atoms with Gasteiger partial charge in [0.05, 0.1) is 17.4 Å². The van der Waals surface area contributed by atoms with Crippen molar-refractivity contribution in [1.29, 1.82) is 0 Å². The third-order valence-electron chi connectivity index (χ3n) is 3.86. The molecule has 0 radical (unpaired) electrons. The van der Waals surface area contributed by atoms with E-state index >= 15 is 0 Å². The number of hydrogen-bond donors (Lipinski definition) is 1. The first-order chi connectivity index (χ1) is 8.29. The Bertz CT molecular complexity index is 360. The fourth-order valence-electron chi connectivity index (χ4n) is 2.76. The fourth-order valence-corrected chi connectivity index (χ4v) is 2.76. The van der Waals surface area contributed by atoms with Crippen LogP contribution < -0.4 is 0 Å². The lowest BCUT2D eigenvalue weighted by atomic mass is 9.74. The van der Waals surface area contributed by atoms with Crippen molar-refractivity contribution in [3.8, 4) is 0 Å². The van der Waals surface area contributed by atoms with Crippen molar-refractivity contribution in [1.82, 2.24) is 5.06 Å². The van der Waals surface area contributed by atoms with Gasteiger partial charge in [-0.25, -0.2) is 4.79 Å². The number of carboxylic acids is 1. The van der Waals surface area contributed by atoms with Gasteiger partial charge in [-0.05, 0) is 46.0 Å². The smallest absolute Gasteiger partial charge is 0.330 e. The number of aliphatic carboxylic acids is 1. The highest BCUT2D eigenvalue weighted by atomic mass is 16.7. The van der Waals surface area contributed by atoms with E-state index < -0.39 is 17.3 Å². The predicted octanol–water partition coefficient (Wildman–Crippen LogP) is 1.68. The molecule has 2 aliphatic heterocycles. The Morgan fingerprint density at radius 2 is 1.94 bits per heavy atom. The average molecular weight is 255 g/mol. The normalized spacial score (nSPS) is 32.3. The highest BCUT2D eigenvalue weighted by Crippen LogP contribution is 2.39. The van der Waals surface area contributed by atoms with Gasteiger partial charge in [-0.3, -0.25) is 4.79 Å². The van der Waals surface area contributed by atoms with Crippen LogP contribution in [0.5, 0.6) is 0 Å². The molecule has 18 heavy (non-hydrogen) atoms. The molecular weight excluding hydrogens is 234 g/mol. The van der Waals surface area contributed by atoms with E-state index in [0.29, 0.717) is 18.9 Å². The molecule has 0 spiro atoms. The molecule has 1 saturated carbocycles. The molecule has 2 bridgehead atoms. The van der Waals surface area contributed by atoms with E-state index in [0.717, 1.165) is 12.8 Å². The minimum Gasteiger partial charge on any atom is -0.481 e. The lowest BCUT2D eigenvalue weighted by Crippen LogP contribution is -2.56. The highest BCUT2D eigenvalue weighted by molar-refractivity contribution is 5.75. The first-order valence-electron chi connectivity index (χ1n) is 6.51. The molecule has 102 valence electrons. The van der Waals surface area contributed by atoms with Crippen molar-refractivity contribution in [2.45, 2.75) is 46.1 Å². The van der Waals surface area contributed by atoms with Gasteiger partial charge in [-0.15, -0.1) is 5.06 Å². The van der Waals surface area contributed by atoms with Gasteiger partial charge in [-0.2, -0.15) is 0 Å². The number of carbonyl (C=O) groups excluding carboxylic acids is 1. The van der Waals surface area contributed by atoms with Gasteiger partial charge in [0.15, 0.2) is 0 Å². The Morgan fingerprint density at radius 3 is 2.44 bits per heavy atom. The summed E-state index contributed by atoms with van der Waals surface area (Å²) in [4.78, 5) is 28.5. The zero-order chi connectivity index (χ0) is 13.5. The Labute approximate surface area is 107 Å².